The fraction of sp³-hybridized carbons (Fsp3) is 0.440. The standard InChI is InChI=1S/C25H31ClN2O2/c1-19(25(30)27-23-13-6-3-7-14-23)28(16-15-20-9-4-2-5-10-20)24(29)18-21-11-8-12-22(26)17-21/h2,4-5,8-12,17,19,23H,3,6-7,13-16,18H2,1H3,(H,27,30)/t19-/m0/s1. The van der Waals surface area contributed by atoms with Crippen LogP contribution in [0.3, 0.4) is 0 Å². The first kappa shape index (κ1) is 22.4. The second kappa shape index (κ2) is 11.2. The fourth-order valence-electron chi connectivity index (χ4n) is 4.06. The maximum absolute atomic E-state index is 13.2. The normalized spacial score (nSPS) is 15.4. The van der Waals surface area contributed by atoms with Gasteiger partial charge in [0, 0.05) is 17.6 Å². The SMILES string of the molecule is C[C@@H](C(=O)NC1CCCCC1)N(CCc1ccccc1)C(=O)Cc1cccc(Cl)c1. The van der Waals surface area contributed by atoms with Crippen molar-refractivity contribution in [1.82, 2.24) is 10.2 Å². The minimum absolute atomic E-state index is 0.0560. The van der Waals surface area contributed by atoms with E-state index in [9.17, 15) is 9.59 Å². The summed E-state index contributed by atoms with van der Waals surface area (Å²) in [6, 6.07) is 17.1. The van der Waals surface area contributed by atoms with Crippen molar-refractivity contribution in [3.63, 3.8) is 0 Å². The van der Waals surface area contributed by atoms with Crippen molar-refractivity contribution in [2.24, 2.45) is 0 Å². The molecular formula is C25H31ClN2O2. The Kier molecular flexibility index (Phi) is 8.32. The largest absolute Gasteiger partial charge is 0.352 e. The van der Waals surface area contributed by atoms with Gasteiger partial charge in [0.25, 0.3) is 0 Å². The molecule has 1 saturated carbocycles. The number of hydrogen-bond donors (Lipinski definition) is 1. The van der Waals surface area contributed by atoms with Gasteiger partial charge in [-0.1, -0.05) is 73.3 Å². The molecule has 0 radical (unpaired) electrons. The van der Waals surface area contributed by atoms with Gasteiger partial charge in [-0.2, -0.15) is 0 Å². The zero-order chi connectivity index (χ0) is 21.3. The predicted octanol–water partition coefficient (Wildman–Crippen LogP) is 4.79. The molecule has 30 heavy (non-hydrogen) atoms. The minimum Gasteiger partial charge on any atom is -0.352 e. The summed E-state index contributed by atoms with van der Waals surface area (Å²) in [5, 5.41) is 3.78. The number of nitrogens with zero attached hydrogens (tertiary/aromatic N) is 1. The van der Waals surface area contributed by atoms with Crippen LogP contribution in [0, 0.1) is 0 Å². The Hall–Kier alpha value is -2.33. The van der Waals surface area contributed by atoms with Gasteiger partial charge in [0.05, 0.1) is 6.42 Å². The van der Waals surface area contributed by atoms with Crippen LogP contribution in [0.15, 0.2) is 54.6 Å². The lowest BCUT2D eigenvalue weighted by Gasteiger charge is -2.31. The first-order valence-electron chi connectivity index (χ1n) is 10.9. The zero-order valence-corrected chi connectivity index (χ0v) is 18.4. The van der Waals surface area contributed by atoms with Crippen LogP contribution in [-0.4, -0.2) is 35.3 Å². The number of amides is 2. The zero-order valence-electron chi connectivity index (χ0n) is 17.6. The lowest BCUT2D eigenvalue weighted by molar-refractivity contribution is -0.139. The van der Waals surface area contributed by atoms with E-state index in [1.165, 1.54) is 6.42 Å². The van der Waals surface area contributed by atoms with Crippen molar-refractivity contribution in [1.29, 1.82) is 0 Å². The first-order valence-corrected chi connectivity index (χ1v) is 11.3. The van der Waals surface area contributed by atoms with E-state index in [4.69, 9.17) is 11.6 Å². The third-order valence-corrected chi connectivity index (χ3v) is 6.08. The van der Waals surface area contributed by atoms with Crippen LogP contribution in [0.4, 0.5) is 0 Å². The van der Waals surface area contributed by atoms with Gasteiger partial charge in [0.1, 0.15) is 6.04 Å². The molecule has 0 unspecified atom stereocenters. The highest BCUT2D eigenvalue weighted by Crippen LogP contribution is 2.18. The Morgan fingerprint density at radius 2 is 1.73 bits per heavy atom. The number of carbonyl (C=O) groups excluding carboxylic acids is 2. The van der Waals surface area contributed by atoms with Crippen LogP contribution in [-0.2, 0) is 22.4 Å². The minimum atomic E-state index is -0.512. The van der Waals surface area contributed by atoms with Gasteiger partial charge in [-0.25, -0.2) is 0 Å². The molecule has 0 saturated heterocycles. The van der Waals surface area contributed by atoms with Crippen LogP contribution in [0.2, 0.25) is 5.02 Å². The third kappa shape index (κ3) is 6.60. The van der Waals surface area contributed by atoms with E-state index in [0.29, 0.717) is 18.0 Å². The molecule has 2 aromatic rings. The highest BCUT2D eigenvalue weighted by atomic mass is 35.5. The molecule has 1 aliphatic carbocycles. The molecule has 4 nitrogen and oxygen atoms in total. The summed E-state index contributed by atoms with van der Waals surface area (Å²) >= 11 is 6.08. The monoisotopic (exact) mass is 426 g/mol. The van der Waals surface area contributed by atoms with Gasteiger partial charge in [0.15, 0.2) is 0 Å². The molecule has 0 aliphatic heterocycles. The maximum Gasteiger partial charge on any atom is 0.242 e. The van der Waals surface area contributed by atoms with Crippen LogP contribution in [0.25, 0.3) is 0 Å². The molecule has 5 heteroatoms. The summed E-state index contributed by atoms with van der Waals surface area (Å²) in [4.78, 5) is 27.8. The van der Waals surface area contributed by atoms with Gasteiger partial charge in [-0.15, -0.1) is 0 Å². The summed E-state index contributed by atoms with van der Waals surface area (Å²) in [6.45, 7) is 2.34. The number of nitrogens with one attached hydrogen (secondary N) is 1. The highest BCUT2D eigenvalue weighted by Gasteiger charge is 2.27. The van der Waals surface area contributed by atoms with Crippen LogP contribution in [0.1, 0.15) is 50.2 Å². The van der Waals surface area contributed by atoms with Crippen molar-refractivity contribution in [2.45, 2.75) is 64.0 Å². The Morgan fingerprint density at radius 3 is 2.43 bits per heavy atom. The molecule has 0 aromatic heterocycles. The fourth-order valence-corrected chi connectivity index (χ4v) is 4.27. The number of hydrogen-bond acceptors (Lipinski definition) is 2. The molecule has 1 aliphatic rings. The predicted molar refractivity (Wildman–Crippen MR) is 121 cm³/mol. The topological polar surface area (TPSA) is 49.4 Å². The van der Waals surface area contributed by atoms with Crippen molar-refractivity contribution in [3.05, 3.63) is 70.7 Å². The van der Waals surface area contributed by atoms with E-state index >= 15 is 0 Å². The molecule has 1 fully saturated rings. The maximum atomic E-state index is 13.2. The van der Waals surface area contributed by atoms with Crippen molar-refractivity contribution < 1.29 is 9.59 Å². The lowest BCUT2D eigenvalue weighted by Crippen LogP contribution is -2.51. The second-order valence-electron chi connectivity index (χ2n) is 8.15. The van der Waals surface area contributed by atoms with Crippen LogP contribution in [0.5, 0.6) is 0 Å². The molecule has 3 rings (SSSR count). The Labute approximate surface area is 184 Å². The molecule has 0 spiro atoms. The van der Waals surface area contributed by atoms with Crippen LogP contribution < -0.4 is 5.32 Å². The van der Waals surface area contributed by atoms with E-state index < -0.39 is 6.04 Å². The van der Waals surface area contributed by atoms with Crippen molar-refractivity contribution in [2.75, 3.05) is 6.54 Å². The number of benzene rings is 2. The number of carbonyl (C=O) groups is 2. The molecule has 160 valence electrons. The van der Waals surface area contributed by atoms with E-state index in [1.54, 1.807) is 11.0 Å². The van der Waals surface area contributed by atoms with Gasteiger partial charge in [-0.3, -0.25) is 9.59 Å². The summed E-state index contributed by atoms with van der Waals surface area (Å²) in [5.74, 6) is -0.117. The van der Waals surface area contributed by atoms with Crippen LogP contribution >= 0.6 is 11.6 Å². The highest BCUT2D eigenvalue weighted by molar-refractivity contribution is 6.30. The molecule has 2 aromatic carbocycles. The third-order valence-electron chi connectivity index (χ3n) is 5.85. The second-order valence-corrected chi connectivity index (χ2v) is 8.59. The summed E-state index contributed by atoms with van der Waals surface area (Å²) in [5.41, 5.74) is 2.01. The average Bonchev–Trinajstić information content (AvgIpc) is 2.75. The van der Waals surface area contributed by atoms with Gasteiger partial charge < -0.3 is 10.2 Å². The Balaban J connectivity index is 1.69. The molecule has 0 heterocycles. The lowest BCUT2D eigenvalue weighted by atomic mass is 9.95. The molecule has 1 N–H and O–H groups in total. The van der Waals surface area contributed by atoms with Crippen molar-refractivity contribution in [3.8, 4) is 0 Å². The smallest absolute Gasteiger partial charge is 0.242 e. The molecule has 0 bridgehead atoms. The summed E-state index contributed by atoms with van der Waals surface area (Å²) in [6.07, 6.45) is 6.55. The van der Waals surface area contributed by atoms with E-state index in [-0.39, 0.29) is 24.3 Å². The van der Waals surface area contributed by atoms with Gasteiger partial charge in [0.2, 0.25) is 11.8 Å². The van der Waals surface area contributed by atoms with E-state index in [1.807, 2.05) is 55.5 Å². The quantitative estimate of drug-likeness (QED) is 0.659. The number of halogens is 1. The Bertz CT molecular complexity index is 834. The van der Waals surface area contributed by atoms with Gasteiger partial charge >= 0.3 is 0 Å². The molecular weight excluding hydrogens is 396 g/mol. The summed E-state index contributed by atoms with van der Waals surface area (Å²) in [7, 11) is 0. The first-order chi connectivity index (χ1) is 14.5. The molecule has 1 atom stereocenters. The summed E-state index contributed by atoms with van der Waals surface area (Å²) < 4.78 is 0. The average molecular weight is 427 g/mol. The van der Waals surface area contributed by atoms with E-state index in [2.05, 4.69) is 5.32 Å². The van der Waals surface area contributed by atoms with Crippen molar-refractivity contribution >= 4 is 23.4 Å². The number of rotatable bonds is 8. The van der Waals surface area contributed by atoms with E-state index in [0.717, 1.165) is 36.8 Å². The van der Waals surface area contributed by atoms with Gasteiger partial charge in [-0.05, 0) is 49.4 Å². The Morgan fingerprint density at radius 1 is 1.03 bits per heavy atom. The molecule has 2 amide bonds.